The SMILES string of the molecule is COc1cccc(NC(=O)NCOc2ccc(C)cc2C)c1. The van der Waals surface area contributed by atoms with Gasteiger partial charge in [-0.3, -0.25) is 0 Å². The first kappa shape index (κ1) is 15.7. The minimum absolute atomic E-state index is 0.0969. The lowest BCUT2D eigenvalue weighted by Crippen LogP contribution is -2.32. The zero-order chi connectivity index (χ0) is 15.9. The highest BCUT2D eigenvalue weighted by Gasteiger charge is 2.04. The molecule has 0 aliphatic rings. The largest absolute Gasteiger partial charge is 0.497 e. The van der Waals surface area contributed by atoms with Gasteiger partial charge < -0.3 is 20.1 Å². The van der Waals surface area contributed by atoms with Crippen molar-refractivity contribution in [2.75, 3.05) is 19.2 Å². The van der Waals surface area contributed by atoms with Gasteiger partial charge in [0.25, 0.3) is 0 Å². The fraction of sp³-hybridized carbons (Fsp3) is 0.235. The fourth-order valence-electron chi connectivity index (χ4n) is 2.02. The first-order valence-corrected chi connectivity index (χ1v) is 6.97. The molecular weight excluding hydrogens is 280 g/mol. The van der Waals surface area contributed by atoms with Crippen LogP contribution in [0.2, 0.25) is 0 Å². The molecule has 2 rings (SSSR count). The summed E-state index contributed by atoms with van der Waals surface area (Å²) in [4.78, 5) is 11.8. The van der Waals surface area contributed by atoms with Crippen molar-refractivity contribution >= 4 is 11.7 Å². The average molecular weight is 300 g/mol. The number of carbonyl (C=O) groups excluding carboxylic acids is 1. The van der Waals surface area contributed by atoms with Crippen molar-refractivity contribution in [3.63, 3.8) is 0 Å². The lowest BCUT2D eigenvalue weighted by Gasteiger charge is -2.12. The molecule has 2 aromatic rings. The van der Waals surface area contributed by atoms with Crippen LogP contribution >= 0.6 is 0 Å². The Hall–Kier alpha value is -2.69. The highest BCUT2D eigenvalue weighted by molar-refractivity contribution is 5.89. The molecule has 2 N–H and O–H groups in total. The van der Waals surface area contributed by atoms with Gasteiger partial charge in [0.1, 0.15) is 11.5 Å². The van der Waals surface area contributed by atoms with E-state index in [0.29, 0.717) is 11.4 Å². The van der Waals surface area contributed by atoms with Gasteiger partial charge in [-0.25, -0.2) is 4.79 Å². The molecule has 22 heavy (non-hydrogen) atoms. The molecule has 0 saturated carbocycles. The van der Waals surface area contributed by atoms with E-state index in [-0.39, 0.29) is 12.8 Å². The third kappa shape index (κ3) is 4.41. The van der Waals surface area contributed by atoms with Crippen molar-refractivity contribution in [3.05, 3.63) is 53.6 Å². The van der Waals surface area contributed by atoms with Crippen molar-refractivity contribution in [2.24, 2.45) is 0 Å². The van der Waals surface area contributed by atoms with Crippen LogP contribution in [0.3, 0.4) is 0 Å². The lowest BCUT2D eigenvalue weighted by atomic mass is 10.1. The van der Waals surface area contributed by atoms with E-state index in [1.165, 1.54) is 5.56 Å². The first-order valence-electron chi connectivity index (χ1n) is 6.97. The quantitative estimate of drug-likeness (QED) is 0.831. The van der Waals surface area contributed by atoms with E-state index in [4.69, 9.17) is 9.47 Å². The maximum atomic E-state index is 11.8. The van der Waals surface area contributed by atoms with Crippen LogP contribution in [0, 0.1) is 13.8 Å². The summed E-state index contributed by atoms with van der Waals surface area (Å²) in [6, 6.07) is 12.7. The molecular formula is C17H20N2O3. The number of rotatable bonds is 5. The monoisotopic (exact) mass is 300 g/mol. The van der Waals surface area contributed by atoms with Crippen LogP contribution in [0.25, 0.3) is 0 Å². The summed E-state index contributed by atoms with van der Waals surface area (Å²) in [5, 5.41) is 5.36. The summed E-state index contributed by atoms with van der Waals surface area (Å²) in [6.45, 7) is 4.09. The number of carbonyl (C=O) groups is 1. The third-order valence-electron chi connectivity index (χ3n) is 3.12. The summed E-state index contributed by atoms with van der Waals surface area (Å²) in [5.74, 6) is 1.44. The van der Waals surface area contributed by atoms with Gasteiger partial charge >= 0.3 is 6.03 Å². The summed E-state index contributed by atoms with van der Waals surface area (Å²) in [5.41, 5.74) is 2.87. The molecule has 0 fully saturated rings. The summed E-state index contributed by atoms with van der Waals surface area (Å²) in [7, 11) is 1.58. The number of benzene rings is 2. The number of amides is 2. The summed E-state index contributed by atoms with van der Waals surface area (Å²) >= 11 is 0. The van der Waals surface area contributed by atoms with Gasteiger partial charge in [0.2, 0.25) is 0 Å². The van der Waals surface area contributed by atoms with Gasteiger partial charge in [-0.1, -0.05) is 23.8 Å². The van der Waals surface area contributed by atoms with Crippen molar-refractivity contribution in [2.45, 2.75) is 13.8 Å². The van der Waals surface area contributed by atoms with Gasteiger partial charge in [-0.15, -0.1) is 0 Å². The highest BCUT2D eigenvalue weighted by Crippen LogP contribution is 2.18. The topological polar surface area (TPSA) is 59.6 Å². The maximum Gasteiger partial charge on any atom is 0.321 e. The van der Waals surface area contributed by atoms with Crippen molar-refractivity contribution in [3.8, 4) is 11.5 Å². The second kappa shape index (κ2) is 7.36. The van der Waals surface area contributed by atoms with E-state index in [1.54, 1.807) is 25.3 Å². The van der Waals surface area contributed by atoms with Crippen LogP contribution in [0.15, 0.2) is 42.5 Å². The summed E-state index contributed by atoms with van der Waals surface area (Å²) in [6.07, 6.45) is 0. The van der Waals surface area contributed by atoms with Crippen LogP contribution in [0.5, 0.6) is 11.5 Å². The molecule has 2 amide bonds. The Morgan fingerprint density at radius 1 is 1.14 bits per heavy atom. The highest BCUT2D eigenvalue weighted by atomic mass is 16.5. The Balaban J connectivity index is 1.82. The molecule has 2 aromatic carbocycles. The molecule has 0 aliphatic heterocycles. The van der Waals surface area contributed by atoms with Crippen LogP contribution < -0.4 is 20.1 Å². The number of ether oxygens (including phenoxy) is 2. The van der Waals surface area contributed by atoms with Crippen molar-refractivity contribution in [1.82, 2.24) is 5.32 Å². The zero-order valence-electron chi connectivity index (χ0n) is 13.0. The molecule has 0 aliphatic carbocycles. The van der Waals surface area contributed by atoms with Crippen LogP contribution in [-0.2, 0) is 0 Å². The Kier molecular flexibility index (Phi) is 5.25. The number of anilines is 1. The standard InChI is InChI=1S/C17H20N2O3/c1-12-7-8-16(13(2)9-12)22-11-18-17(20)19-14-5-4-6-15(10-14)21-3/h4-10H,11H2,1-3H3,(H2,18,19,20). The van der Waals surface area contributed by atoms with Crippen LogP contribution in [-0.4, -0.2) is 19.9 Å². The Labute approximate surface area is 130 Å². The number of hydrogen-bond donors (Lipinski definition) is 2. The number of urea groups is 1. The Morgan fingerprint density at radius 3 is 2.68 bits per heavy atom. The molecule has 0 radical (unpaired) electrons. The molecule has 0 spiro atoms. The minimum Gasteiger partial charge on any atom is -0.497 e. The van der Waals surface area contributed by atoms with Gasteiger partial charge in [0, 0.05) is 11.8 Å². The van der Waals surface area contributed by atoms with Gasteiger partial charge in [0.15, 0.2) is 6.73 Å². The molecule has 0 saturated heterocycles. The average Bonchev–Trinajstić information content (AvgIpc) is 2.49. The van der Waals surface area contributed by atoms with Crippen LogP contribution in [0.4, 0.5) is 10.5 Å². The van der Waals surface area contributed by atoms with E-state index in [2.05, 4.69) is 10.6 Å². The predicted molar refractivity (Wildman–Crippen MR) is 86.6 cm³/mol. The Bertz CT molecular complexity index is 656. The maximum absolute atomic E-state index is 11.8. The number of methoxy groups -OCH3 is 1. The second-order valence-electron chi connectivity index (χ2n) is 4.92. The second-order valence-corrected chi connectivity index (χ2v) is 4.92. The zero-order valence-corrected chi connectivity index (χ0v) is 13.0. The molecule has 0 aromatic heterocycles. The predicted octanol–water partition coefficient (Wildman–Crippen LogP) is 3.47. The van der Waals surface area contributed by atoms with Gasteiger partial charge in [-0.05, 0) is 37.6 Å². The van der Waals surface area contributed by atoms with Gasteiger partial charge in [-0.2, -0.15) is 0 Å². The molecule has 5 nitrogen and oxygen atoms in total. The molecule has 0 bridgehead atoms. The van der Waals surface area contributed by atoms with E-state index in [1.807, 2.05) is 38.1 Å². The number of aryl methyl sites for hydroxylation is 2. The lowest BCUT2D eigenvalue weighted by molar-refractivity contribution is 0.234. The number of hydrogen-bond acceptors (Lipinski definition) is 3. The molecule has 0 heterocycles. The molecule has 0 unspecified atom stereocenters. The Morgan fingerprint density at radius 2 is 1.95 bits per heavy atom. The molecule has 5 heteroatoms. The minimum atomic E-state index is -0.335. The van der Waals surface area contributed by atoms with Crippen LogP contribution in [0.1, 0.15) is 11.1 Å². The normalized spacial score (nSPS) is 9.95. The van der Waals surface area contributed by atoms with E-state index >= 15 is 0 Å². The van der Waals surface area contributed by atoms with E-state index in [0.717, 1.165) is 11.3 Å². The first-order chi connectivity index (χ1) is 10.6. The smallest absolute Gasteiger partial charge is 0.321 e. The molecule has 116 valence electrons. The molecule has 0 atom stereocenters. The van der Waals surface area contributed by atoms with E-state index < -0.39 is 0 Å². The van der Waals surface area contributed by atoms with Crippen molar-refractivity contribution < 1.29 is 14.3 Å². The van der Waals surface area contributed by atoms with Crippen molar-refractivity contribution in [1.29, 1.82) is 0 Å². The third-order valence-corrected chi connectivity index (χ3v) is 3.12. The van der Waals surface area contributed by atoms with E-state index in [9.17, 15) is 4.79 Å². The summed E-state index contributed by atoms with van der Waals surface area (Å²) < 4.78 is 10.7. The fourth-order valence-corrected chi connectivity index (χ4v) is 2.02. The number of nitrogens with one attached hydrogen (secondary N) is 2. The van der Waals surface area contributed by atoms with Gasteiger partial charge in [0.05, 0.1) is 7.11 Å².